The van der Waals surface area contributed by atoms with Crippen molar-refractivity contribution < 1.29 is 14.6 Å². The number of aliphatic hydroxyl groups is 1. The summed E-state index contributed by atoms with van der Waals surface area (Å²) in [4.78, 5) is 19.2. The quantitative estimate of drug-likeness (QED) is 0.859. The maximum absolute atomic E-state index is 12.9. The van der Waals surface area contributed by atoms with E-state index in [1.807, 2.05) is 4.90 Å². The largest absolute Gasteiger partial charge is 0.389 e. The lowest BCUT2D eigenvalue weighted by Gasteiger charge is -2.38. The van der Waals surface area contributed by atoms with Crippen molar-refractivity contribution in [2.24, 2.45) is 0 Å². The highest BCUT2D eigenvalue weighted by Crippen LogP contribution is 2.34. The predicted molar refractivity (Wildman–Crippen MR) is 88.1 cm³/mol. The molecule has 24 heavy (non-hydrogen) atoms. The van der Waals surface area contributed by atoms with Crippen LogP contribution in [0, 0.1) is 0 Å². The van der Waals surface area contributed by atoms with Gasteiger partial charge in [-0.2, -0.15) is 5.10 Å². The lowest BCUT2D eigenvalue weighted by atomic mass is 9.82. The Morgan fingerprint density at radius 2 is 2.12 bits per heavy atom. The van der Waals surface area contributed by atoms with Crippen LogP contribution in [-0.4, -0.2) is 50.4 Å². The van der Waals surface area contributed by atoms with E-state index in [9.17, 15) is 9.90 Å². The molecule has 1 amide bonds. The van der Waals surface area contributed by atoms with Crippen LogP contribution in [0.2, 0.25) is 0 Å². The topological polar surface area (TPSA) is 91.3 Å². The molecule has 1 aliphatic carbocycles. The van der Waals surface area contributed by atoms with Crippen LogP contribution in [0.3, 0.4) is 0 Å². The third kappa shape index (κ3) is 3.95. The number of carbonyl (C=O) groups excluding carboxylic acids is 1. The number of carbonyl (C=O) groups is 1. The van der Waals surface area contributed by atoms with Crippen LogP contribution in [0.15, 0.2) is 0 Å². The van der Waals surface area contributed by atoms with E-state index in [-0.39, 0.29) is 18.4 Å². The molecule has 2 N–H and O–H groups in total. The Hall–Kier alpha value is -1.47. The first-order valence-electron chi connectivity index (χ1n) is 9.03. The van der Waals surface area contributed by atoms with Crippen molar-refractivity contribution >= 4 is 5.91 Å². The van der Waals surface area contributed by atoms with E-state index in [1.54, 1.807) is 7.11 Å². The maximum atomic E-state index is 12.9. The van der Waals surface area contributed by atoms with Crippen LogP contribution >= 0.6 is 0 Å². The molecule has 1 aromatic rings. The molecule has 0 aromatic carbocycles. The average Bonchev–Trinajstić information content (AvgIpc) is 3.04. The molecule has 0 spiro atoms. The van der Waals surface area contributed by atoms with Crippen molar-refractivity contribution in [2.75, 3.05) is 13.7 Å². The Bertz CT molecular complexity index is 554. The molecule has 7 nitrogen and oxygen atoms in total. The number of piperidine rings is 1. The van der Waals surface area contributed by atoms with Crippen molar-refractivity contribution in [1.29, 1.82) is 0 Å². The van der Waals surface area contributed by atoms with E-state index in [4.69, 9.17) is 4.74 Å². The standard InChI is InChI=1S/C17H28N4O3/c1-24-12-14-18-16(20-19-14)13-7-3-6-10-21(13)15(22)11-17(23)8-4-2-5-9-17/h13,23H,2-12H2,1H3,(H,18,19,20)/t13-/m0/s1. The molecule has 1 aromatic heterocycles. The van der Waals surface area contributed by atoms with Crippen molar-refractivity contribution in [1.82, 2.24) is 20.1 Å². The van der Waals surface area contributed by atoms with Gasteiger partial charge in [-0.05, 0) is 32.1 Å². The minimum absolute atomic E-state index is 0.0298. The Morgan fingerprint density at radius 3 is 2.88 bits per heavy atom. The maximum Gasteiger partial charge on any atom is 0.226 e. The van der Waals surface area contributed by atoms with Crippen molar-refractivity contribution in [3.63, 3.8) is 0 Å². The second-order valence-electron chi connectivity index (χ2n) is 7.13. The highest BCUT2D eigenvalue weighted by molar-refractivity contribution is 5.77. The van der Waals surface area contributed by atoms with Crippen LogP contribution in [0.25, 0.3) is 0 Å². The van der Waals surface area contributed by atoms with Crippen LogP contribution in [0.5, 0.6) is 0 Å². The summed E-state index contributed by atoms with van der Waals surface area (Å²) in [5.74, 6) is 1.37. The molecule has 0 radical (unpaired) electrons. The summed E-state index contributed by atoms with van der Waals surface area (Å²) in [7, 11) is 1.61. The number of methoxy groups -OCH3 is 1. The van der Waals surface area contributed by atoms with Gasteiger partial charge in [0.05, 0.1) is 18.1 Å². The third-order valence-corrected chi connectivity index (χ3v) is 5.22. The van der Waals surface area contributed by atoms with Gasteiger partial charge in [0.2, 0.25) is 5.91 Å². The van der Waals surface area contributed by atoms with Gasteiger partial charge >= 0.3 is 0 Å². The molecule has 1 saturated heterocycles. The Morgan fingerprint density at radius 1 is 1.33 bits per heavy atom. The zero-order valence-corrected chi connectivity index (χ0v) is 14.5. The summed E-state index contributed by atoms with van der Waals surface area (Å²) < 4.78 is 5.07. The first-order valence-corrected chi connectivity index (χ1v) is 9.03. The molecule has 2 fully saturated rings. The van der Waals surface area contributed by atoms with Crippen LogP contribution in [0.4, 0.5) is 0 Å². The van der Waals surface area contributed by atoms with Crippen molar-refractivity contribution in [3.05, 3.63) is 11.6 Å². The predicted octanol–water partition coefficient (Wildman–Crippen LogP) is 2.09. The zero-order valence-electron chi connectivity index (χ0n) is 14.5. The molecule has 2 aliphatic rings. The molecule has 7 heteroatoms. The smallest absolute Gasteiger partial charge is 0.226 e. The number of amides is 1. The number of rotatable bonds is 5. The van der Waals surface area contributed by atoms with E-state index in [2.05, 4.69) is 15.2 Å². The average molecular weight is 336 g/mol. The molecule has 0 unspecified atom stereocenters. The lowest BCUT2D eigenvalue weighted by Crippen LogP contribution is -2.44. The number of ether oxygens (including phenoxy) is 1. The first-order chi connectivity index (χ1) is 11.6. The molecule has 2 heterocycles. The summed E-state index contributed by atoms with van der Waals surface area (Å²) in [6, 6.07) is -0.0969. The van der Waals surface area contributed by atoms with Gasteiger partial charge in [0.25, 0.3) is 0 Å². The molecule has 1 atom stereocenters. The SMILES string of the molecule is COCc1nc([C@@H]2CCCCN2C(=O)CC2(O)CCCCC2)n[nH]1. The van der Waals surface area contributed by atoms with E-state index in [1.165, 1.54) is 0 Å². The Labute approximate surface area is 142 Å². The number of nitrogens with zero attached hydrogens (tertiary/aromatic N) is 3. The number of H-pyrrole nitrogens is 1. The van der Waals surface area contributed by atoms with Gasteiger partial charge in [-0.1, -0.05) is 19.3 Å². The Kier molecular flexibility index (Phi) is 5.50. The monoisotopic (exact) mass is 336 g/mol. The van der Waals surface area contributed by atoms with Crippen molar-refractivity contribution in [3.8, 4) is 0 Å². The number of hydrogen-bond acceptors (Lipinski definition) is 5. The fourth-order valence-corrected chi connectivity index (χ4v) is 3.93. The third-order valence-electron chi connectivity index (χ3n) is 5.22. The number of nitrogens with one attached hydrogen (secondary N) is 1. The molecule has 1 aliphatic heterocycles. The molecule has 134 valence electrons. The summed E-state index contributed by atoms with van der Waals surface area (Å²) >= 11 is 0. The fraction of sp³-hybridized carbons (Fsp3) is 0.824. The number of aromatic amines is 1. The van der Waals surface area contributed by atoms with Gasteiger partial charge in [-0.25, -0.2) is 4.98 Å². The fourth-order valence-electron chi connectivity index (χ4n) is 3.93. The normalized spacial score (nSPS) is 24.1. The Balaban J connectivity index is 1.70. The molecular formula is C17H28N4O3. The summed E-state index contributed by atoms with van der Waals surface area (Å²) in [6.45, 7) is 1.10. The second-order valence-corrected chi connectivity index (χ2v) is 7.13. The summed E-state index contributed by atoms with van der Waals surface area (Å²) in [5.41, 5.74) is -0.822. The molecule has 0 bridgehead atoms. The van der Waals surface area contributed by atoms with Gasteiger partial charge in [-0.15, -0.1) is 0 Å². The summed E-state index contributed by atoms with van der Waals surface area (Å²) in [6.07, 6.45) is 7.78. The first kappa shape index (κ1) is 17.4. The molecule has 3 rings (SSSR count). The van der Waals surface area contributed by atoms with E-state index < -0.39 is 5.60 Å². The zero-order chi connectivity index (χ0) is 17.0. The van der Waals surface area contributed by atoms with Crippen LogP contribution < -0.4 is 0 Å². The van der Waals surface area contributed by atoms with E-state index in [0.29, 0.717) is 24.8 Å². The highest BCUT2D eigenvalue weighted by atomic mass is 16.5. The summed E-state index contributed by atoms with van der Waals surface area (Å²) in [5, 5.41) is 17.9. The number of aromatic nitrogens is 3. The van der Waals surface area contributed by atoms with Crippen LogP contribution in [0.1, 0.15) is 75.5 Å². The highest BCUT2D eigenvalue weighted by Gasteiger charge is 2.37. The number of hydrogen-bond donors (Lipinski definition) is 2. The van der Waals surface area contributed by atoms with Gasteiger partial charge in [0.1, 0.15) is 6.61 Å². The van der Waals surface area contributed by atoms with E-state index in [0.717, 1.165) is 51.4 Å². The minimum Gasteiger partial charge on any atom is -0.389 e. The molecule has 1 saturated carbocycles. The lowest BCUT2D eigenvalue weighted by molar-refractivity contribution is -0.141. The minimum atomic E-state index is -0.822. The van der Waals surface area contributed by atoms with E-state index >= 15 is 0 Å². The molecular weight excluding hydrogens is 308 g/mol. The van der Waals surface area contributed by atoms with Gasteiger partial charge < -0.3 is 14.7 Å². The second kappa shape index (κ2) is 7.61. The van der Waals surface area contributed by atoms with Gasteiger partial charge in [-0.3, -0.25) is 9.89 Å². The van der Waals surface area contributed by atoms with Crippen LogP contribution in [-0.2, 0) is 16.1 Å². The van der Waals surface area contributed by atoms with Gasteiger partial charge in [0.15, 0.2) is 11.6 Å². The number of likely N-dealkylation sites (tertiary alicyclic amines) is 1. The van der Waals surface area contributed by atoms with Crippen molar-refractivity contribution in [2.45, 2.75) is 76.0 Å². The van der Waals surface area contributed by atoms with Gasteiger partial charge in [0, 0.05) is 13.7 Å².